The quantitative estimate of drug-likeness (QED) is 0.121. The molecule has 40 heavy (non-hydrogen) atoms. The topological polar surface area (TPSA) is 88.8 Å². The Kier molecular flexibility index (Phi) is 11.5. The van der Waals surface area contributed by atoms with E-state index in [2.05, 4.69) is 23.5 Å². The van der Waals surface area contributed by atoms with Crippen LogP contribution in [0.3, 0.4) is 0 Å². The van der Waals surface area contributed by atoms with E-state index >= 15 is 0 Å². The van der Waals surface area contributed by atoms with Crippen LogP contribution in [0, 0.1) is 0 Å². The Morgan fingerprint density at radius 2 is 1.60 bits per heavy atom. The van der Waals surface area contributed by atoms with Crippen LogP contribution in [0.1, 0.15) is 92.9 Å². The molecule has 1 N–H and O–H groups in total. The number of halogens is 1. The highest BCUT2D eigenvalue weighted by molar-refractivity contribution is 7.92. The van der Waals surface area contributed by atoms with Gasteiger partial charge in [0.15, 0.2) is 5.78 Å². The van der Waals surface area contributed by atoms with Crippen molar-refractivity contribution in [3.63, 3.8) is 0 Å². The van der Waals surface area contributed by atoms with Gasteiger partial charge in [0.25, 0.3) is 0 Å². The molecule has 3 rings (SSSR count). The number of carbonyl (C=O) groups excluding carboxylic acids is 1. The predicted octanol–water partition coefficient (Wildman–Crippen LogP) is 7.47. The zero-order valence-corrected chi connectivity index (χ0v) is 25.7. The molecule has 2 aromatic carbocycles. The highest BCUT2D eigenvalue weighted by Crippen LogP contribution is 2.32. The molecule has 3 aromatic rings. The summed E-state index contributed by atoms with van der Waals surface area (Å²) >= 11 is 0. The van der Waals surface area contributed by atoms with Crippen LogP contribution in [0.2, 0.25) is 0 Å². The lowest BCUT2D eigenvalue weighted by Crippen LogP contribution is -2.28. The molecule has 0 amide bonds. The van der Waals surface area contributed by atoms with Crippen LogP contribution >= 0.6 is 12.4 Å². The first-order valence-electron chi connectivity index (χ1n) is 16.0. The summed E-state index contributed by atoms with van der Waals surface area (Å²) in [6, 6.07) is 2.76. The average Bonchev–Trinajstić information content (AvgIpc) is 3.32. The van der Waals surface area contributed by atoms with Crippen molar-refractivity contribution in [2.24, 2.45) is 0 Å². The number of fused-ring (bicyclic) bond motifs is 1. The number of ether oxygens (including phenoxy) is 1. The maximum Gasteiger partial charge on any atom is 0.229 e. The van der Waals surface area contributed by atoms with E-state index in [0.717, 1.165) is 58.0 Å². The van der Waals surface area contributed by atoms with Crippen molar-refractivity contribution in [1.82, 2.24) is 4.90 Å². The van der Waals surface area contributed by atoms with Crippen LogP contribution in [0.15, 0.2) is 46.8 Å². The van der Waals surface area contributed by atoms with Crippen molar-refractivity contribution in [3.05, 3.63) is 59.3 Å². The molecule has 0 saturated carbocycles. The Balaban J connectivity index is 0.00000675. The molecule has 222 valence electrons. The van der Waals surface area contributed by atoms with E-state index in [1.807, 2.05) is 6.92 Å². The molecule has 0 aliphatic carbocycles. The number of unbranched alkanes of at least 4 members (excludes halogenated alkanes) is 3. The zero-order chi connectivity index (χ0) is 31.7. The van der Waals surface area contributed by atoms with E-state index in [0.29, 0.717) is 36.0 Å². The fourth-order valence-corrected chi connectivity index (χ4v) is 4.92. The maximum atomic E-state index is 14.0. The molecule has 0 fully saturated rings. The highest BCUT2D eigenvalue weighted by atomic mass is 35.5. The van der Waals surface area contributed by atoms with Gasteiger partial charge < -0.3 is 14.1 Å². The van der Waals surface area contributed by atoms with E-state index in [1.165, 1.54) is 12.1 Å². The Morgan fingerprint density at radius 3 is 2.20 bits per heavy atom. The number of hydrogen-bond donors (Lipinski definition) is 1. The lowest BCUT2D eigenvalue weighted by atomic mass is 9.98. The molecule has 9 heteroatoms. The summed E-state index contributed by atoms with van der Waals surface area (Å²) in [5.41, 5.74) is 0.317. The molecule has 0 saturated heterocycles. The van der Waals surface area contributed by atoms with Crippen molar-refractivity contribution in [3.8, 4) is 5.75 Å². The molecule has 0 atom stereocenters. The standard InChI is InChI=1S/C31H44N2O5S.ClH/c1-5-8-12-29-30(27-23-25(32-39(4,35)36)15-18-28(27)38-29)31(34)24-13-16-26(17-14-24)37-22-11-21-33(19-9-6-2)20-10-7-3;/h13-18,23,32H,5-12,19-22H2,1-4H3;1H/i13D,14D,16D,17D;. The van der Waals surface area contributed by atoms with E-state index in [9.17, 15) is 13.2 Å². The van der Waals surface area contributed by atoms with Gasteiger partial charge in [0.2, 0.25) is 10.0 Å². The lowest BCUT2D eigenvalue weighted by molar-refractivity contribution is 0.103. The first-order chi connectivity index (χ1) is 20.4. The van der Waals surface area contributed by atoms with E-state index in [-0.39, 0.29) is 41.6 Å². The summed E-state index contributed by atoms with van der Waals surface area (Å²) in [5, 5.41) is 0.331. The van der Waals surface area contributed by atoms with Crippen molar-refractivity contribution in [2.45, 2.75) is 72.1 Å². The molecule has 1 heterocycles. The van der Waals surface area contributed by atoms with Gasteiger partial charge in [0.05, 0.1) is 23.9 Å². The van der Waals surface area contributed by atoms with E-state index < -0.39 is 40.0 Å². The molecule has 0 aliphatic heterocycles. The van der Waals surface area contributed by atoms with Gasteiger partial charge >= 0.3 is 0 Å². The third-order valence-corrected chi connectivity index (χ3v) is 7.01. The average molecular weight is 597 g/mol. The van der Waals surface area contributed by atoms with Gasteiger partial charge in [-0.1, -0.05) is 40.0 Å². The van der Waals surface area contributed by atoms with Crippen LogP contribution < -0.4 is 9.46 Å². The van der Waals surface area contributed by atoms with Crippen molar-refractivity contribution in [1.29, 1.82) is 0 Å². The molecule has 0 spiro atoms. The summed E-state index contributed by atoms with van der Waals surface area (Å²) in [6.45, 7) is 9.35. The van der Waals surface area contributed by atoms with Crippen LogP contribution in [0.4, 0.5) is 5.69 Å². The number of nitrogens with zero attached hydrogens (tertiary/aromatic N) is 1. The second-order valence-electron chi connectivity index (χ2n) is 9.87. The third-order valence-electron chi connectivity index (χ3n) is 6.40. The number of furan rings is 1. The monoisotopic (exact) mass is 596 g/mol. The molecule has 0 aliphatic rings. The maximum absolute atomic E-state index is 14.0. The number of rotatable bonds is 18. The van der Waals surface area contributed by atoms with Crippen molar-refractivity contribution < 1.29 is 27.8 Å². The van der Waals surface area contributed by atoms with Gasteiger partial charge in [0.1, 0.15) is 17.1 Å². The number of ketones is 1. The second-order valence-corrected chi connectivity index (χ2v) is 11.6. The van der Waals surface area contributed by atoms with Crippen LogP contribution in [-0.2, 0) is 16.4 Å². The van der Waals surface area contributed by atoms with Crippen molar-refractivity contribution in [2.75, 3.05) is 37.2 Å². The number of nitrogens with one attached hydrogen (secondary N) is 1. The van der Waals surface area contributed by atoms with Crippen LogP contribution in [-0.4, -0.2) is 51.6 Å². The molecule has 1 aromatic heterocycles. The van der Waals surface area contributed by atoms with Crippen LogP contribution in [0.5, 0.6) is 5.75 Å². The smallest absolute Gasteiger partial charge is 0.229 e. The third kappa shape index (κ3) is 10.1. The number of aryl methyl sites for hydroxylation is 1. The first kappa shape index (κ1) is 27.6. The summed E-state index contributed by atoms with van der Waals surface area (Å²) in [7, 11) is -3.58. The number of sulfonamides is 1. The van der Waals surface area contributed by atoms with Gasteiger partial charge in [0, 0.05) is 29.6 Å². The number of hydrogen-bond acceptors (Lipinski definition) is 6. The van der Waals surface area contributed by atoms with Gasteiger partial charge in [-0.15, -0.1) is 12.4 Å². The van der Waals surface area contributed by atoms with Gasteiger partial charge in [-0.3, -0.25) is 9.52 Å². The van der Waals surface area contributed by atoms with E-state index in [4.69, 9.17) is 14.6 Å². The summed E-state index contributed by atoms with van der Waals surface area (Å²) in [6.07, 6.45) is 8.09. The second kappa shape index (κ2) is 16.7. The highest BCUT2D eigenvalue weighted by Gasteiger charge is 2.22. The number of anilines is 1. The normalized spacial score (nSPS) is 12.9. The largest absolute Gasteiger partial charge is 0.494 e. The number of benzene rings is 2. The SMILES string of the molecule is Cl.[2H]c1c([2H])c(C(=O)c2c(CCCC)oc3ccc(NS(C)(=O)=O)cc23)c([2H])c([2H])c1OCCCN(CCCC)CCCC. The molecular formula is C31H45ClN2O5S. The molecule has 0 unspecified atom stereocenters. The first-order valence-corrected chi connectivity index (χ1v) is 15.9. The summed E-state index contributed by atoms with van der Waals surface area (Å²) in [4.78, 5) is 16.4. The van der Waals surface area contributed by atoms with Gasteiger partial charge in [-0.05, 0) is 81.1 Å². The molecule has 0 radical (unpaired) electrons. The molecule has 7 nitrogen and oxygen atoms in total. The fraction of sp³-hybridized carbons (Fsp3) is 0.516. The summed E-state index contributed by atoms with van der Waals surface area (Å²) in [5.74, 6) is -0.540. The minimum absolute atomic E-state index is 0. The Morgan fingerprint density at radius 1 is 0.975 bits per heavy atom. The fourth-order valence-electron chi connectivity index (χ4n) is 4.36. The molecule has 0 bridgehead atoms. The minimum Gasteiger partial charge on any atom is -0.494 e. The Bertz CT molecular complexity index is 1490. The van der Waals surface area contributed by atoms with E-state index in [1.54, 1.807) is 6.07 Å². The van der Waals surface area contributed by atoms with Crippen molar-refractivity contribution >= 4 is 44.9 Å². The number of carbonyl (C=O) groups is 1. The Labute approximate surface area is 251 Å². The predicted molar refractivity (Wildman–Crippen MR) is 167 cm³/mol. The van der Waals surface area contributed by atoms with Crippen LogP contribution in [0.25, 0.3) is 11.0 Å². The molecular weight excluding hydrogens is 548 g/mol. The minimum atomic E-state index is -3.58. The van der Waals surface area contributed by atoms with Gasteiger partial charge in [-0.2, -0.15) is 0 Å². The van der Waals surface area contributed by atoms with Gasteiger partial charge in [-0.25, -0.2) is 8.42 Å². The Hall–Kier alpha value is -2.55. The zero-order valence-electron chi connectivity index (χ0n) is 28.0. The summed E-state index contributed by atoms with van der Waals surface area (Å²) < 4.78 is 72.3. The lowest BCUT2D eigenvalue weighted by Gasteiger charge is -2.21.